The van der Waals surface area contributed by atoms with Gasteiger partial charge in [-0.05, 0) is 43.7 Å². The van der Waals surface area contributed by atoms with E-state index in [4.69, 9.17) is 11.6 Å². The number of nitrogens with zero attached hydrogens (tertiary/aromatic N) is 2. The fourth-order valence-corrected chi connectivity index (χ4v) is 4.47. The summed E-state index contributed by atoms with van der Waals surface area (Å²) in [7, 11) is 1.94. The van der Waals surface area contributed by atoms with Crippen LogP contribution < -0.4 is 0 Å². The van der Waals surface area contributed by atoms with Crippen LogP contribution in [-0.4, -0.2) is 34.2 Å². The van der Waals surface area contributed by atoms with Crippen LogP contribution in [0.1, 0.15) is 30.5 Å². The zero-order valence-corrected chi connectivity index (χ0v) is 15.6. The lowest BCUT2D eigenvalue weighted by molar-refractivity contribution is -0.156. The molecule has 2 aliphatic heterocycles. The van der Waals surface area contributed by atoms with E-state index in [1.54, 1.807) is 0 Å². The largest absolute Gasteiger partial charge is 0.285 e. The fourth-order valence-electron chi connectivity index (χ4n) is 4.34. The number of amides is 2. The Bertz CT molecular complexity index is 852. The Morgan fingerprint density at radius 2 is 1.73 bits per heavy atom. The van der Waals surface area contributed by atoms with Crippen molar-refractivity contribution in [1.82, 2.24) is 9.80 Å². The molecule has 0 aromatic heterocycles. The number of carbonyl (C=O) groups is 2. The first-order chi connectivity index (χ1) is 12.4. The molecule has 0 spiro atoms. The van der Waals surface area contributed by atoms with Gasteiger partial charge in [-0.1, -0.05) is 54.1 Å². The Morgan fingerprint density at radius 3 is 2.38 bits per heavy atom. The topological polar surface area (TPSA) is 40.6 Å². The lowest BCUT2D eigenvalue weighted by Gasteiger charge is -2.37. The van der Waals surface area contributed by atoms with Gasteiger partial charge in [-0.15, -0.1) is 0 Å². The third-order valence-electron chi connectivity index (χ3n) is 5.88. The van der Waals surface area contributed by atoms with Gasteiger partial charge in [0, 0.05) is 11.1 Å². The summed E-state index contributed by atoms with van der Waals surface area (Å²) in [6.45, 7) is 2.27. The van der Waals surface area contributed by atoms with Gasteiger partial charge in [-0.2, -0.15) is 0 Å². The highest BCUT2D eigenvalue weighted by Gasteiger charge is 2.60. The minimum Gasteiger partial charge on any atom is -0.285 e. The predicted octanol–water partition coefficient (Wildman–Crippen LogP) is 3.66. The summed E-state index contributed by atoms with van der Waals surface area (Å²) in [5.41, 5.74) is 1.32. The molecular weight excluding hydrogens is 348 g/mol. The summed E-state index contributed by atoms with van der Waals surface area (Å²) >= 11 is 6.02. The molecule has 2 heterocycles. The molecule has 4 rings (SSSR count). The average molecular weight is 369 g/mol. The highest BCUT2D eigenvalue weighted by atomic mass is 35.5. The van der Waals surface area contributed by atoms with E-state index in [-0.39, 0.29) is 23.8 Å². The minimum atomic E-state index is -0.669. The van der Waals surface area contributed by atoms with Gasteiger partial charge < -0.3 is 0 Å². The fraction of sp³-hybridized carbons (Fsp3) is 0.333. The maximum atomic E-state index is 13.2. The third kappa shape index (κ3) is 2.56. The van der Waals surface area contributed by atoms with Crippen LogP contribution >= 0.6 is 11.6 Å². The van der Waals surface area contributed by atoms with Gasteiger partial charge in [-0.3, -0.25) is 19.4 Å². The molecule has 0 N–H and O–H groups in total. The molecule has 0 unspecified atom stereocenters. The van der Waals surface area contributed by atoms with E-state index in [1.807, 2.05) is 68.6 Å². The SMILES string of the molecule is CN1[C@@H](c2ccc(Cl)cc2)[C@@H]2C[C@@]1(C)C(=O)N(Cc1ccccc1)C2=O. The molecule has 26 heavy (non-hydrogen) atoms. The molecule has 2 aromatic carbocycles. The number of halogens is 1. The van der Waals surface area contributed by atoms with Crippen LogP contribution in [0.25, 0.3) is 0 Å². The van der Waals surface area contributed by atoms with E-state index < -0.39 is 5.54 Å². The maximum absolute atomic E-state index is 13.2. The molecule has 2 aliphatic rings. The zero-order valence-electron chi connectivity index (χ0n) is 14.9. The van der Waals surface area contributed by atoms with Crippen LogP contribution in [0.4, 0.5) is 0 Å². The van der Waals surface area contributed by atoms with Crippen LogP contribution in [0.3, 0.4) is 0 Å². The number of likely N-dealkylation sites (N-methyl/N-ethyl adjacent to an activating group) is 1. The summed E-state index contributed by atoms with van der Waals surface area (Å²) in [5, 5.41) is 0.664. The number of hydrogen-bond donors (Lipinski definition) is 0. The Kier molecular flexibility index (Phi) is 4.13. The first kappa shape index (κ1) is 17.3. The second kappa shape index (κ2) is 6.22. The number of rotatable bonds is 3. The molecule has 0 aliphatic carbocycles. The van der Waals surface area contributed by atoms with E-state index in [2.05, 4.69) is 4.90 Å². The maximum Gasteiger partial charge on any atom is 0.249 e. The van der Waals surface area contributed by atoms with Crippen LogP contribution in [-0.2, 0) is 16.1 Å². The minimum absolute atomic E-state index is 0.0828. The standard InChI is InChI=1S/C21H21ClN2O2/c1-21-12-17(18(23(21)2)15-8-10-16(22)11-9-15)19(25)24(20(21)26)13-14-6-4-3-5-7-14/h3-11,17-18H,12-13H2,1-2H3/t17-,18-,21-/m0/s1. The Labute approximate surface area is 158 Å². The smallest absolute Gasteiger partial charge is 0.249 e. The summed E-state index contributed by atoms with van der Waals surface area (Å²) in [4.78, 5) is 29.9. The zero-order chi connectivity index (χ0) is 18.5. The third-order valence-corrected chi connectivity index (χ3v) is 6.13. The van der Waals surface area contributed by atoms with Crippen molar-refractivity contribution in [3.8, 4) is 0 Å². The number of piperidine rings is 1. The van der Waals surface area contributed by atoms with Crippen molar-refractivity contribution in [3.05, 3.63) is 70.7 Å². The monoisotopic (exact) mass is 368 g/mol. The molecular formula is C21H21ClN2O2. The van der Waals surface area contributed by atoms with E-state index in [0.717, 1.165) is 11.1 Å². The van der Waals surface area contributed by atoms with Gasteiger partial charge >= 0.3 is 0 Å². The number of benzene rings is 2. The van der Waals surface area contributed by atoms with Gasteiger partial charge in [0.1, 0.15) is 0 Å². The van der Waals surface area contributed by atoms with Crippen molar-refractivity contribution < 1.29 is 9.59 Å². The van der Waals surface area contributed by atoms with Crippen molar-refractivity contribution in [2.24, 2.45) is 5.92 Å². The summed E-state index contributed by atoms with van der Waals surface area (Å²) in [5.74, 6) is -0.421. The predicted molar refractivity (Wildman–Crippen MR) is 100 cm³/mol. The summed E-state index contributed by atoms with van der Waals surface area (Å²) < 4.78 is 0. The van der Waals surface area contributed by atoms with Crippen LogP contribution in [0.15, 0.2) is 54.6 Å². The Hall–Kier alpha value is -2.17. The lowest BCUT2D eigenvalue weighted by Crippen LogP contribution is -2.57. The first-order valence-electron chi connectivity index (χ1n) is 8.80. The summed E-state index contributed by atoms with van der Waals surface area (Å²) in [6.07, 6.45) is 0.555. The van der Waals surface area contributed by atoms with Crippen molar-refractivity contribution in [2.75, 3.05) is 7.05 Å². The molecule has 2 aromatic rings. The lowest BCUT2D eigenvalue weighted by atomic mass is 9.84. The molecule has 0 saturated carbocycles. The van der Waals surface area contributed by atoms with E-state index >= 15 is 0 Å². The van der Waals surface area contributed by atoms with Crippen molar-refractivity contribution in [1.29, 1.82) is 0 Å². The Morgan fingerprint density at radius 1 is 1.08 bits per heavy atom. The second-order valence-electron chi connectivity index (χ2n) is 7.41. The van der Waals surface area contributed by atoms with Crippen LogP contribution in [0.2, 0.25) is 5.02 Å². The Balaban J connectivity index is 1.71. The van der Waals surface area contributed by atoms with Gasteiger partial charge in [-0.25, -0.2) is 0 Å². The number of likely N-dealkylation sites (tertiary alicyclic amines) is 2. The van der Waals surface area contributed by atoms with Crippen LogP contribution in [0.5, 0.6) is 0 Å². The molecule has 2 amide bonds. The average Bonchev–Trinajstić information content (AvgIpc) is 2.90. The van der Waals surface area contributed by atoms with Gasteiger partial charge in [0.05, 0.1) is 18.0 Å². The van der Waals surface area contributed by atoms with Gasteiger partial charge in [0.2, 0.25) is 11.8 Å². The number of imide groups is 1. The van der Waals surface area contributed by atoms with E-state index in [1.165, 1.54) is 4.90 Å². The molecule has 2 bridgehead atoms. The number of hydrogen-bond acceptors (Lipinski definition) is 3. The molecule has 134 valence electrons. The molecule has 0 radical (unpaired) electrons. The second-order valence-corrected chi connectivity index (χ2v) is 7.84. The van der Waals surface area contributed by atoms with Crippen molar-refractivity contribution in [2.45, 2.75) is 31.5 Å². The van der Waals surface area contributed by atoms with Crippen LogP contribution in [0, 0.1) is 5.92 Å². The number of fused-ring (bicyclic) bond motifs is 2. The van der Waals surface area contributed by atoms with Crippen molar-refractivity contribution in [3.63, 3.8) is 0 Å². The normalized spacial score (nSPS) is 28.7. The van der Waals surface area contributed by atoms with Gasteiger partial charge in [0.15, 0.2) is 0 Å². The highest BCUT2D eigenvalue weighted by Crippen LogP contribution is 2.50. The molecule has 2 fully saturated rings. The van der Waals surface area contributed by atoms with E-state index in [0.29, 0.717) is 18.0 Å². The molecule has 5 heteroatoms. The van der Waals surface area contributed by atoms with E-state index in [9.17, 15) is 9.59 Å². The van der Waals surface area contributed by atoms with Gasteiger partial charge in [0.25, 0.3) is 0 Å². The quantitative estimate of drug-likeness (QED) is 0.776. The molecule has 3 atom stereocenters. The first-order valence-corrected chi connectivity index (χ1v) is 9.18. The summed E-state index contributed by atoms with van der Waals surface area (Å²) in [6, 6.07) is 17.1. The molecule has 2 saturated heterocycles. The number of carbonyl (C=O) groups excluding carboxylic acids is 2. The highest BCUT2D eigenvalue weighted by molar-refractivity contribution is 6.30. The molecule has 4 nitrogen and oxygen atoms in total. The van der Waals surface area contributed by atoms with Crippen molar-refractivity contribution >= 4 is 23.4 Å².